The van der Waals surface area contributed by atoms with E-state index in [0.717, 1.165) is 6.20 Å². The maximum atomic E-state index is 14.2. The molecule has 2 bridgehead atoms. The molecule has 37 heavy (non-hydrogen) atoms. The summed E-state index contributed by atoms with van der Waals surface area (Å²) >= 11 is 0. The van der Waals surface area contributed by atoms with Gasteiger partial charge in [0.25, 0.3) is 18.2 Å². The van der Waals surface area contributed by atoms with E-state index in [0.29, 0.717) is 12.0 Å². The summed E-state index contributed by atoms with van der Waals surface area (Å²) < 4.78 is 42.4. The highest BCUT2D eigenvalue weighted by molar-refractivity contribution is 5.99. The standard InChI is InChI=1S/C25H25F3N4O5/c1-12-3-4-14(16(26)7-12)9-29-23(35)15-10-32-18-11-31(24(36)19(32)21(34)20(15)33)13(2)5-6-25(18)8-17(22(27)28)30-37-25/h3-4,7,10,13,18,22,34H,5-6,8-9,11H2,1-2H3,(H,29,35)/t13-,18+,25-/m0/s1. The largest absolute Gasteiger partial charge is 0.503 e. The maximum Gasteiger partial charge on any atom is 0.279 e. The molecule has 5 rings (SSSR count). The highest BCUT2D eigenvalue weighted by Crippen LogP contribution is 2.46. The minimum Gasteiger partial charge on any atom is -0.503 e. The smallest absolute Gasteiger partial charge is 0.279 e. The molecule has 2 amide bonds. The van der Waals surface area contributed by atoms with Crippen LogP contribution >= 0.6 is 0 Å². The van der Waals surface area contributed by atoms with Gasteiger partial charge in [-0.15, -0.1) is 0 Å². The second-order valence-corrected chi connectivity index (χ2v) is 9.83. The number of amides is 2. The van der Waals surface area contributed by atoms with Crippen molar-refractivity contribution in [3.8, 4) is 5.75 Å². The lowest BCUT2D eigenvalue weighted by Gasteiger charge is -2.41. The second kappa shape index (κ2) is 8.93. The Labute approximate surface area is 209 Å². The number of nitrogens with one attached hydrogen (secondary N) is 1. The van der Waals surface area contributed by atoms with Crippen molar-refractivity contribution in [2.75, 3.05) is 6.54 Å². The van der Waals surface area contributed by atoms with Crippen molar-refractivity contribution in [2.24, 2.45) is 5.16 Å². The topological polar surface area (TPSA) is 113 Å². The number of nitrogens with zero attached hydrogens (tertiary/aromatic N) is 3. The van der Waals surface area contributed by atoms with Gasteiger partial charge in [0.05, 0.1) is 6.04 Å². The number of pyridine rings is 1. The molecule has 1 aromatic heterocycles. The minimum atomic E-state index is -2.83. The van der Waals surface area contributed by atoms with Crippen LogP contribution < -0.4 is 10.7 Å². The highest BCUT2D eigenvalue weighted by atomic mass is 19.3. The fraction of sp³-hybridized carbons (Fsp3) is 0.440. The number of aryl methyl sites for hydroxylation is 1. The van der Waals surface area contributed by atoms with Crippen molar-refractivity contribution in [2.45, 2.75) is 63.8 Å². The number of alkyl halides is 2. The van der Waals surface area contributed by atoms with Gasteiger partial charge in [-0.2, -0.15) is 0 Å². The second-order valence-electron chi connectivity index (χ2n) is 9.83. The Hall–Kier alpha value is -3.83. The Morgan fingerprint density at radius 3 is 2.78 bits per heavy atom. The van der Waals surface area contributed by atoms with Crippen LogP contribution in [0, 0.1) is 12.7 Å². The average molecular weight is 518 g/mol. The van der Waals surface area contributed by atoms with E-state index < -0.39 is 58.2 Å². The monoisotopic (exact) mass is 518 g/mol. The van der Waals surface area contributed by atoms with Crippen LogP contribution in [0.3, 0.4) is 0 Å². The molecule has 0 radical (unpaired) electrons. The van der Waals surface area contributed by atoms with E-state index in [9.17, 15) is 32.7 Å². The Morgan fingerprint density at radius 1 is 1.35 bits per heavy atom. The normalized spacial score (nSPS) is 24.5. The third kappa shape index (κ3) is 4.04. The summed E-state index contributed by atoms with van der Waals surface area (Å²) in [6.45, 7) is 3.33. The number of carbonyl (C=O) groups excluding carboxylic acids is 2. The van der Waals surface area contributed by atoms with Crippen LogP contribution in [0.15, 0.2) is 34.3 Å². The van der Waals surface area contributed by atoms with Gasteiger partial charge in [0, 0.05) is 37.3 Å². The first-order valence-electron chi connectivity index (χ1n) is 11.9. The zero-order valence-electron chi connectivity index (χ0n) is 20.1. The molecule has 1 saturated heterocycles. The summed E-state index contributed by atoms with van der Waals surface area (Å²) in [5.74, 6) is -2.96. The SMILES string of the molecule is Cc1ccc(CNC(=O)c2cn3c(c(O)c2=O)C(=O)N2C[C@@H]3[C@]3(CC[C@@H]2C)CC(C(F)F)=NO3)c(F)c1. The molecule has 3 atom stereocenters. The van der Waals surface area contributed by atoms with Crippen molar-refractivity contribution in [1.29, 1.82) is 0 Å². The van der Waals surface area contributed by atoms with E-state index >= 15 is 0 Å². The third-order valence-corrected chi connectivity index (χ3v) is 7.47. The molecule has 12 heteroatoms. The first-order chi connectivity index (χ1) is 17.5. The quantitative estimate of drug-likeness (QED) is 0.647. The summed E-state index contributed by atoms with van der Waals surface area (Å²) in [5.41, 5.74) is -2.68. The summed E-state index contributed by atoms with van der Waals surface area (Å²) in [6, 6.07) is 3.36. The Kier molecular flexibility index (Phi) is 5.99. The number of halogens is 3. The van der Waals surface area contributed by atoms with Gasteiger partial charge in [0.2, 0.25) is 5.43 Å². The lowest BCUT2D eigenvalue weighted by Crippen LogP contribution is -2.52. The van der Waals surface area contributed by atoms with Crippen molar-refractivity contribution >= 4 is 17.5 Å². The molecule has 1 aromatic carbocycles. The summed E-state index contributed by atoms with van der Waals surface area (Å²) in [7, 11) is 0. The Balaban J connectivity index is 1.54. The molecule has 2 aromatic rings. The number of rotatable bonds is 4. The number of aromatic hydroxyl groups is 1. The first-order valence-corrected chi connectivity index (χ1v) is 11.9. The summed E-state index contributed by atoms with van der Waals surface area (Å²) in [4.78, 5) is 46.3. The van der Waals surface area contributed by atoms with Crippen LogP contribution in [0.5, 0.6) is 5.75 Å². The molecule has 9 nitrogen and oxygen atoms in total. The Morgan fingerprint density at radius 2 is 2.11 bits per heavy atom. The fourth-order valence-electron chi connectivity index (χ4n) is 5.32. The Bertz CT molecular complexity index is 1390. The van der Waals surface area contributed by atoms with Gasteiger partial charge in [-0.3, -0.25) is 14.4 Å². The van der Waals surface area contributed by atoms with Crippen molar-refractivity contribution in [3.05, 3.63) is 62.8 Å². The molecule has 4 heterocycles. The van der Waals surface area contributed by atoms with E-state index in [1.54, 1.807) is 19.9 Å². The van der Waals surface area contributed by atoms with Gasteiger partial charge in [-0.1, -0.05) is 17.3 Å². The minimum absolute atomic E-state index is 0.0526. The van der Waals surface area contributed by atoms with Gasteiger partial charge in [0.1, 0.15) is 17.1 Å². The maximum absolute atomic E-state index is 14.2. The molecule has 3 aliphatic heterocycles. The van der Waals surface area contributed by atoms with Crippen LogP contribution in [0.4, 0.5) is 13.2 Å². The van der Waals surface area contributed by atoms with Crippen molar-refractivity contribution in [1.82, 2.24) is 14.8 Å². The van der Waals surface area contributed by atoms with Gasteiger partial charge in [-0.25, -0.2) is 13.2 Å². The predicted molar refractivity (Wildman–Crippen MR) is 125 cm³/mol. The van der Waals surface area contributed by atoms with Crippen molar-refractivity contribution in [3.63, 3.8) is 0 Å². The molecule has 1 fully saturated rings. The van der Waals surface area contributed by atoms with E-state index in [-0.39, 0.29) is 43.2 Å². The molecule has 1 spiro atoms. The molecular formula is C25H25F3N4O5. The van der Waals surface area contributed by atoms with Gasteiger partial charge >= 0.3 is 0 Å². The summed E-state index contributed by atoms with van der Waals surface area (Å²) in [5, 5.41) is 16.9. The molecule has 2 N–H and O–H groups in total. The fourth-order valence-corrected chi connectivity index (χ4v) is 5.32. The third-order valence-electron chi connectivity index (χ3n) is 7.47. The van der Waals surface area contributed by atoms with Crippen LogP contribution in [0.1, 0.15) is 64.2 Å². The molecular weight excluding hydrogens is 493 g/mol. The number of aromatic nitrogens is 1. The number of hydrogen-bond acceptors (Lipinski definition) is 6. The van der Waals surface area contributed by atoms with Gasteiger partial charge in [0.15, 0.2) is 17.0 Å². The van der Waals surface area contributed by atoms with Crippen LogP contribution in [-0.4, -0.2) is 56.7 Å². The molecule has 0 unspecified atom stereocenters. The van der Waals surface area contributed by atoms with Crippen LogP contribution in [0.2, 0.25) is 0 Å². The average Bonchev–Trinajstić information content (AvgIpc) is 3.24. The van der Waals surface area contributed by atoms with Crippen LogP contribution in [0.25, 0.3) is 0 Å². The molecule has 3 aliphatic rings. The van der Waals surface area contributed by atoms with Crippen molar-refractivity contribution < 1.29 is 32.7 Å². The molecule has 0 saturated carbocycles. The number of benzene rings is 1. The lowest BCUT2D eigenvalue weighted by atomic mass is 9.84. The lowest BCUT2D eigenvalue weighted by molar-refractivity contribution is -0.0655. The predicted octanol–water partition coefficient (Wildman–Crippen LogP) is 2.89. The highest BCUT2D eigenvalue weighted by Gasteiger charge is 2.55. The van der Waals surface area contributed by atoms with Gasteiger partial charge in [-0.05, 0) is 38.3 Å². The van der Waals surface area contributed by atoms with Gasteiger partial charge < -0.3 is 24.7 Å². The molecule has 196 valence electrons. The first kappa shape index (κ1) is 24.8. The zero-order valence-corrected chi connectivity index (χ0v) is 20.1. The summed E-state index contributed by atoms with van der Waals surface area (Å²) in [6.07, 6.45) is -1.19. The molecule has 0 aliphatic carbocycles. The van der Waals surface area contributed by atoms with E-state index in [1.165, 1.54) is 21.6 Å². The van der Waals surface area contributed by atoms with E-state index in [2.05, 4.69) is 10.5 Å². The van der Waals surface area contributed by atoms with E-state index in [1.807, 2.05) is 0 Å². The number of carbonyl (C=O) groups is 2. The number of hydrogen-bond donors (Lipinski definition) is 2. The van der Waals surface area contributed by atoms with E-state index in [4.69, 9.17) is 4.84 Å². The van der Waals surface area contributed by atoms with Crippen LogP contribution in [-0.2, 0) is 11.4 Å². The number of oxime groups is 1. The zero-order chi connectivity index (χ0) is 26.6. The number of fused-ring (bicyclic) bond motifs is 5.